The first-order chi connectivity index (χ1) is 11.3. The van der Waals surface area contributed by atoms with Gasteiger partial charge in [-0.3, -0.25) is 4.99 Å². The van der Waals surface area contributed by atoms with E-state index in [-0.39, 0.29) is 0 Å². The summed E-state index contributed by atoms with van der Waals surface area (Å²) in [5.41, 5.74) is 6.26. The van der Waals surface area contributed by atoms with Crippen LogP contribution in [0.5, 0.6) is 0 Å². The van der Waals surface area contributed by atoms with Gasteiger partial charge >= 0.3 is 6.18 Å². The molecule has 0 aliphatic carbocycles. The molecule has 126 valence electrons. The first kappa shape index (κ1) is 16.7. The third-order valence-electron chi connectivity index (χ3n) is 3.69. The van der Waals surface area contributed by atoms with E-state index in [1.807, 2.05) is 6.07 Å². The number of rotatable bonds is 2. The molecule has 3 rings (SSSR count). The molecule has 0 fully saturated rings. The van der Waals surface area contributed by atoms with Gasteiger partial charge in [-0.05, 0) is 19.1 Å². The number of alkyl halides is 3. The second-order valence-corrected chi connectivity index (χ2v) is 5.91. The highest BCUT2D eigenvalue weighted by atomic mass is 35.5. The number of hydrogen-bond acceptors (Lipinski definition) is 4. The molecular formula is C16H14ClF3N4. The van der Waals surface area contributed by atoms with Crippen molar-refractivity contribution in [3.8, 4) is 0 Å². The number of hydrogen-bond donors (Lipinski definition) is 1. The molecule has 1 aliphatic heterocycles. The topological polar surface area (TPSA) is 54.5 Å². The predicted molar refractivity (Wildman–Crippen MR) is 89.3 cm³/mol. The Morgan fingerprint density at radius 1 is 1.33 bits per heavy atom. The van der Waals surface area contributed by atoms with Crippen molar-refractivity contribution >= 4 is 34.0 Å². The summed E-state index contributed by atoms with van der Waals surface area (Å²) in [5, 5.41) is 1.21. The quantitative estimate of drug-likeness (QED) is 0.879. The lowest BCUT2D eigenvalue weighted by molar-refractivity contribution is -0.0597. The Morgan fingerprint density at radius 3 is 2.75 bits per heavy atom. The molecule has 24 heavy (non-hydrogen) atoms. The van der Waals surface area contributed by atoms with Gasteiger partial charge in [0.1, 0.15) is 11.5 Å². The molecule has 2 heterocycles. The van der Waals surface area contributed by atoms with Crippen LogP contribution in [0.4, 0.5) is 19.0 Å². The standard InChI is InChI=1S/C16H14ClF3N4/c1-9(21)11-7-10-3-2-4-12(17)14(10)23-15(11)24-6-5-22-13(8-24)16(18,19)20/h2-7,9H,8,21H2,1H3/t9-/m0/s1. The van der Waals surface area contributed by atoms with Crippen LogP contribution >= 0.6 is 11.6 Å². The molecule has 1 aliphatic rings. The van der Waals surface area contributed by atoms with Gasteiger partial charge in [-0.25, -0.2) is 4.98 Å². The molecular weight excluding hydrogens is 341 g/mol. The molecule has 8 heteroatoms. The Bertz CT molecular complexity index is 843. The van der Waals surface area contributed by atoms with Crippen LogP contribution < -0.4 is 10.6 Å². The van der Waals surface area contributed by atoms with Gasteiger partial charge in [-0.15, -0.1) is 0 Å². The molecule has 2 N–H and O–H groups in total. The normalized spacial score (nSPS) is 16.4. The molecule has 1 aromatic carbocycles. The summed E-state index contributed by atoms with van der Waals surface area (Å²) in [6.07, 6.45) is -1.94. The fourth-order valence-electron chi connectivity index (χ4n) is 2.50. The van der Waals surface area contributed by atoms with Gasteiger partial charge in [0, 0.05) is 29.4 Å². The maximum Gasteiger partial charge on any atom is 0.431 e. The van der Waals surface area contributed by atoms with E-state index in [0.717, 1.165) is 11.6 Å². The molecule has 0 saturated carbocycles. The van der Waals surface area contributed by atoms with Crippen LogP contribution in [0.3, 0.4) is 0 Å². The number of nitrogens with two attached hydrogens (primary N) is 1. The van der Waals surface area contributed by atoms with Gasteiger partial charge in [-0.1, -0.05) is 23.7 Å². The van der Waals surface area contributed by atoms with Crippen molar-refractivity contribution in [2.24, 2.45) is 10.7 Å². The molecule has 0 amide bonds. The lowest BCUT2D eigenvalue weighted by Crippen LogP contribution is -2.37. The number of fused-ring (bicyclic) bond motifs is 1. The van der Waals surface area contributed by atoms with Crippen LogP contribution in [-0.4, -0.2) is 23.4 Å². The van der Waals surface area contributed by atoms with E-state index in [1.54, 1.807) is 25.1 Å². The van der Waals surface area contributed by atoms with Gasteiger partial charge in [0.2, 0.25) is 0 Å². The second-order valence-electron chi connectivity index (χ2n) is 5.50. The van der Waals surface area contributed by atoms with Crippen LogP contribution in [0.2, 0.25) is 5.02 Å². The van der Waals surface area contributed by atoms with Gasteiger partial charge < -0.3 is 10.6 Å². The summed E-state index contributed by atoms with van der Waals surface area (Å²) >= 11 is 6.17. The second kappa shape index (κ2) is 6.07. The lowest BCUT2D eigenvalue weighted by atomic mass is 10.1. The molecule has 1 aromatic heterocycles. The zero-order chi connectivity index (χ0) is 17.5. The van der Waals surface area contributed by atoms with Gasteiger partial charge in [0.05, 0.1) is 17.1 Å². The summed E-state index contributed by atoms with van der Waals surface area (Å²) in [6.45, 7) is 1.33. The molecule has 2 aromatic rings. The van der Waals surface area contributed by atoms with Crippen molar-refractivity contribution in [1.82, 2.24) is 4.98 Å². The number of para-hydroxylation sites is 1. The van der Waals surface area contributed by atoms with Crippen molar-refractivity contribution in [3.63, 3.8) is 0 Å². The number of halogens is 4. The largest absolute Gasteiger partial charge is 0.431 e. The Hall–Kier alpha value is -2.12. The average Bonchev–Trinajstić information content (AvgIpc) is 2.53. The van der Waals surface area contributed by atoms with E-state index >= 15 is 0 Å². The average molecular weight is 355 g/mol. The zero-order valence-corrected chi connectivity index (χ0v) is 13.4. The summed E-state index contributed by atoms with van der Waals surface area (Å²) in [7, 11) is 0. The summed E-state index contributed by atoms with van der Waals surface area (Å²) < 4.78 is 38.8. The van der Waals surface area contributed by atoms with Crippen molar-refractivity contribution < 1.29 is 13.2 Å². The fraction of sp³-hybridized carbons (Fsp3) is 0.250. The molecule has 1 atom stereocenters. The third kappa shape index (κ3) is 3.09. The highest BCUT2D eigenvalue weighted by Crippen LogP contribution is 2.32. The van der Waals surface area contributed by atoms with Crippen molar-refractivity contribution in [1.29, 1.82) is 0 Å². The highest BCUT2D eigenvalue weighted by molar-refractivity contribution is 6.35. The van der Waals surface area contributed by atoms with Gasteiger partial charge in [0.15, 0.2) is 0 Å². The van der Waals surface area contributed by atoms with Crippen molar-refractivity contribution in [3.05, 3.63) is 47.3 Å². The van der Waals surface area contributed by atoms with Crippen molar-refractivity contribution in [2.75, 3.05) is 11.4 Å². The van der Waals surface area contributed by atoms with Crippen molar-refractivity contribution in [2.45, 2.75) is 19.1 Å². The minimum atomic E-state index is -4.49. The number of anilines is 1. The molecule has 0 saturated heterocycles. The third-order valence-corrected chi connectivity index (χ3v) is 4.00. The molecule has 4 nitrogen and oxygen atoms in total. The van der Waals surface area contributed by atoms with Gasteiger partial charge in [-0.2, -0.15) is 13.2 Å². The lowest BCUT2D eigenvalue weighted by Gasteiger charge is -2.27. The van der Waals surface area contributed by atoms with Gasteiger partial charge in [0.25, 0.3) is 0 Å². The Kier molecular flexibility index (Phi) is 4.23. The van der Waals surface area contributed by atoms with E-state index in [2.05, 4.69) is 9.98 Å². The maximum atomic E-state index is 12.9. The SMILES string of the molecule is C[C@H](N)c1cc2cccc(Cl)c2nc1N1C=CN=C(C(F)(F)F)C1. The smallest absolute Gasteiger partial charge is 0.325 e. The summed E-state index contributed by atoms with van der Waals surface area (Å²) in [6, 6.07) is 6.70. The minimum Gasteiger partial charge on any atom is -0.325 e. The number of nitrogens with zero attached hydrogens (tertiary/aromatic N) is 3. The summed E-state index contributed by atoms with van der Waals surface area (Å²) in [5.74, 6) is 0.346. The first-order valence-corrected chi connectivity index (χ1v) is 7.57. The minimum absolute atomic E-state index is 0.346. The molecule has 0 spiro atoms. The summed E-state index contributed by atoms with van der Waals surface area (Å²) in [4.78, 5) is 9.28. The molecule has 0 unspecified atom stereocenters. The van der Waals surface area contributed by atoms with E-state index in [9.17, 15) is 13.2 Å². The Morgan fingerprint density at radius 2 is 2.08 bits per heavy atom. The first-order valence-electron chi connectivity index (χ1n) is 7.19. The predicted octanol–water partition coefficient (Wildman–Crippen LogP) is 4.20. The van der Waals surface area contributed by atoms with Crippen LogP contribution in [0, 0.1) is 0 Å². The molecule has 0 bridgehead atoms. The van der Waals surface area contributed by atoms with Crippen LogP contribution in [0.25, 0.3) is 10.9 Å². The van der Waals surface area contributed by atoms with Crippen LogP contribution in [0.1, 0.15) is 18.5 Å². The molecule has 0 radical (unpaired) electrons. The van der Waals surface area contributed by atoms with E-state index < -0.39 is 24.5 Å². The Labute approximate surface area is 141 Å². The monoisotopic (exact) mass is 354 g/mol. The number of benzene rings is 1. The fourth-order valence-corrected chi connectivity index (χ4v) is 2.73. The number of aromatic nitrogens is 1. The van der Waals surface area contributed by atoms with E-state index in [1.165, 1.54) is 11.1 Å². The van der Waals surface area contributed by atoms with Crippen LogP contribution in [0.15, 0.2) is 41.7 Å². The van der Waals surface area contributed by atoms with E-state index in [0.29, 0.717) is 21.9 Å². The zero-order valence-electron chi connectivity index (χ0n) is 12.7. The highest BCUT2D eigenvalue weighted by Gasteiger charge is 2.37. The Balaban J connectivity index is 2.12. The maximum absolute atomic E-state index is 12.9. The number of aliphatic imine (C=N–C) groups is 1. The van der Waals surface area contributed by atoms with Crippen LogP contribution in [-0.2, 0) is 0 Å². The number of pyridine rings is 1. The van der Waals surface area contributed by atoms with E-state index in [4.69, 9.17) is 17.3 Å².